The van der Waals surface area contributed by atoms with E-state index < -0.39 is 0 Å². The summed E-state index contributed by atoms with van der Waals surface area (Å²) in [6.07, 6.45) is 8.68. The van der Waals surface area contributed by atoms with Crippen molar-refractivity contribution in [2.24, 2.45) is 5.92 Å². The molecule has 2 atom stereocenters. The molecule has 1 aromatic heterocycles. The lowest BCUT2D eigenvalue weighted by atomic mass is 9.70. The van der Waals surface area contributed by atoms with Crippen LogP contribution in [0.5, 0.6) is 0 Å². The van der Waals surface area contributed by atoms with Gasteiger partial charge in [0.2, 0.25) is 0 Å². The molecule has 1 aromatic carbocycles. The van der Waals surface area contributed by atoms with Crippen LogP contribution in [0.2, 0.25) is 5.02 Å². The molecule has 0 saturated carbocycles. The first-order valence-electron chi connectivity index (χ1n) is 7.83. The second-order valence-electron chi connectivity index (χ2n) is 6.47. The van der Waals surface area contributed by atoms with E-state index in [2.05, 4.69) is 12.7 Å². The number of anilines is 1. The molecule has 2 unspecified atom stereocenters. The van der Waals surface area contributed by atoms with Crippen LogP contribution in [-0.4, -0.2) is 4.98 Å². The van der Waals surface area contributed by atoms with Gasteiger partial charge in [0, 0.05) is 27.4 Å². The highest BCUT2D eigenvalue weighted by atomic mass is 35.5. The summed E-state index contributed by atoms with van der Waals surface area (Å²) in [7, 11) is 0. The molecule has 0 saturated heterocycles. The molecular weight excluding hydrogens is 292 g/mol. The lowest BCUT2D eigenvalue weighted by molar-refractivity contribution is 0.431. The molecule has 3 heteroatoms. The van der Waals surface area contributed by atoms with Crippen LogP contribution in [0.3, 0.4) is 0 Å². The van der Waals surface area contributed by atoms with Crippen LogP contribution in [0.1, 0.15) is 36.4 Å². The quantitative estimate of drug-likeness (QED) is 0.791. The zero-order valence-electron chi connectivity index (χ0n) is 12.5. The van der Waals surface area contributed by atoms with E-state index in [1.807, 2.05) is 24.3 Å². The average Bonchev–Trinajstić information content (AvgIpc) is 2.46. The van der Waals surface area contributed by atoms with Crippen LogP contribution in [0.4, 0.5) is 5.69 Å². The van der Waals surface area contributed by atoms with Gasteiger partial charge in [0.25, 0.3) is 0 Å². The van der Waals surface area contributed by atoms with Gasteiger partial charge in [-0.25, -0.2) is 0 Å². The van der Waals surface area contributed by atoms with Crippen molar-refractivity contribution in [2.45, 2.75) is 31.6 Å². The predicted octanol–water partition coefficient (Wildman–Crippen LogP) is 5.02. The highest BCUT2D eigenvalue weighted by molar-refractivity contribution is 6.31. The molecule has 1 heterocycles. The minimum Gasteiger partial charge on any atom is -0.398 e. The topological polar surface area (TPSA) is 38.9 Å². The first kappa shape index (κ1) is 13.8. The molecule has 2 aliphatic carbocycles. The third-order valence-electron chi connectivity index (χ3n) is 4.94. The number of halogens is 1. The summed E-state index contributed by atoms with van der Waals surface area (Å²) < 4.78 is 0. The molecule has 2 aliphatic rings. The van der Waals surface area contributed by atoms with Gasteiger partial charge in [-0.15, -0.1) is 6.58 Å². The summed E-state index contributed by atoms with van der Waals surface area (Å²) in [6, 6.07) is 5.80. The fraction of sp³-hybridized carbons (Fsp3) is 0.316. The molecular formula is C19H19ClN2. The van der Waals surface area contributed by atoms with Gasteiger partial charge in [0.1, 0.15) is 0 Å². The van der Waals surface area contributed by atoms with Crippen molar-refractivity contribution < 1.29 is 0 Å². The summed E-state index contributed by atoms with van der Waals surface area (Å²) in [4.78, 5) is 4.88. The van der Waals surface area contributed by atoms with E-state index in [1.165, 1.54) is 23.3 Å². The minimum atomic E-state index is 0.501. The summed E-state index contributed by atoms with van der Waals surface area (Å²) in [5, 5.41) is 1.74. The van der Waals surface area contributed by atoms with Gasteiger partial charge in [-0.05, 0) is 55.7 Å². The van der Waals surface area contributed by atoms with Crippen molar-refractivity contribution in [2.75, 3.05) is 5.73 Å². The number of pyridine rings is 1. The molecule has 0 aliphatic heterocycles. The highest BCUT2D eigenvalue weighted by Crippen LogP contribution is 2.47. The maximum Gasteiger partial charge on any atom is 0.0741 e. The molecule has 4 rings (SSSR count). The van der Waals surface area contributed by atoms with E-state index in [0.29, 0.717) is 16.9 Å². The molecule has 0 radical (unpaired) electrons. The first-order valence-corrected chi connectivity index (χ1v) is 8.21. The third-order valence-corrected chi connectivity index (χ3v) is 5.18. The number of rotatable bonds is 2. The Morgan fingerprint density at radius 3 is 3.05 bits per heavy atom. The number of nitrogens with two attached hydrogens (primary N) is 1. The molecule has 2 nitrogen and oxygen atoms in total. The van der Waals surface area contributed by atoms with E-state index in [-0.39, 0.29) is 0 Å². The number of aromatic nitrogens is 1. The largest absolute Gasteiger partial charge is 0.398 e. The van der Waals surface area contributed by atoms with E-state index in [4.69, 9.17) is 22.3 Å². The lowest BCUT2D eigenvalue weighted by Gasteiger charge is -2.35. The van der Waals surface area contributed by atoms with Crippen LogP contribution < -0.4 is 5.73 Å². The van der Waals surface area contributed by atoms with Crippen LogP contribution in [-0.2, 0) is 6.42 Å². The molecule has 0 spiro atoms. The lowest BCUT2D eigenvalue weighted by Crippen LogP contribution is -2.24. The molecule has 2 bridgehead atoms. The maximum absolute atomic E-state index is 6.52. The number of allylic oxidation sites excluding steroid dienone is 3. The standard InChI is InChI=1S/C19H19ClN2/c1-2-3-11-6-12-8-13(7-11)18-17(9-12)22-16-10-14(20)4-5-15(16)19(18)21/h2,4-6,10,12-13H,1,3,7-9H2,(H2,21,22). The number of fused-ring (bicyclic) bond motifs is 5. The van der Waals surface area contributed by atoms with Gasteiger partial charge < -0.3 is 5.73 Å². The summed E-state index contributed by atoms with van der Waals surface area (Å²) in [5.74, 6) is 1.09. The SMILES string of the molecule is C=CCC1=CC2Cc3nc4cc(Cl)ccc4c(N)c3C(C1)C2. The monoisotopic (exact) mass is 310 g/mol. The molecule has 22 heavy (non-hydrogen) atoms. The molecule has 0 fully saturated rings. The Morgan fingerprint density at radius 1 is 1.36 bits per heavy atom. The van der Waals surface area contributed by atoms with Gasteiger partial charge in [0.05, 0.1) is 5.52 Å². The second kappa shape index (κ2) is 5.13. The fourth-order valence-electron chi connectivity index (χ4n) is 4.12. The Labute approximate surface area is 135 Å². The number of hydrogen-bond donors (Lipinski definition) is 1. The normalized spacial score (nSPS) is 23.0. The van der Waals surface area contributed by atoms with E-state index in [1.54, 1.807) is 0 Å². The van der Waals surface area contributed by atoms with E-state index in [9.17, 15) is 0 Å². The van der Waals surface area contributed by atoms with Gasteiger partial charge in [-0.1, -0.05) is 29.3 Å². The van der Waals surface area contributed by atoms with Gasteiger partial charge in [-0.3, -0.25) is 4.98 Å². The predicted molar refractivity (Wildman–Crippen MR) is 93.2 cm³/mol. The first-order chi connectivity index (χ1) is 10.7. The number of hydrogen-bond acceptors (Lipinski definition) is 2. The highest BCUT2D eigenvalue weighted by Gasteiger charge is 2.33. The van der Waals surface area contributed by atoms with E-state index >= 15 is 0 Å². The summed E-state index contributed by atoms with van der Waals surface area (Å²) in [5.41, 5.74) is 12.3. The zero-order valence-corrected chi connectivity index (χ0v) is 13.2. The van der Waals surface area contributed by atoms with Crippen molar-refractivity contribution in [3.05, 3.63) is 58.8 Å². The summed E-state index contributed by atoms with van der Waals surface area (Å²) >= 11 is 6.10. The van der Waals surface area contributed by atoms with Gasteiger partial charge in [0.15, 0.2) is 0 Å². The van der Waals surface area contributed by atoms with Crippen LogP contribution in [0.15, 0.2) is 42.5 Å². The van der Waals surface area contributed by atoms with Crippen molar-refractivity contribution in [3.63, 3.8) is 0 Å². The van der Waals surface area contributed by atoms with Crippen LogP contribution in [0, 0.1) is 5.92 Å². The fourth-order valence-corrected chi connectivity index (χ4v) is 4.29. The van der Waals surface area contributed by atoms with Gasteiger partial charge in [-0.2, -0.15) is 0 Å². The average molecular weight is 311 g/mol. The molecule has 2 N–H and O–H groups in total. The molecule has 0 amide bonds. The van der Waals surface area contributed by atoms with Crippen molar-refractivity contribution in [1.82, 2.24) is 4.98 Å². The van der Waals surface area contributed by atoms with Crippen LogP contribution >= 0.6 is 11.6 Å². The van der Waals surface area contributed by atoms with Crippen molar-refractivity contribution in [1.29, 1.82) is 0 Å². The third kappa shape index (κ3) is 2.14. The van der Waals surface area contributed by atoms with Crippen molar-refractivity contribution >= 4 is 28.2 Å². The smallest absolute Gasteiger partial charge is 0.0741 e. The van der Waals surface area contributed by atoms with Crippen molar-refractivity contribution in [3.8, 4) is 0 Å². The Hall–Kier alpha value is -1.80. The van der Waals surface area contributed by atoms with Gasteiger partial charge >= 0.3 is 0 Å². The number of nitrogens with zero attached hydrogens (tertiary/aromatic N) is 1. The zero-order chi connectivity index (χ0) is 15.3. The Bertz CT molecular complexity index is 807. The van der Waals surface area contributed by atoms with Crippen LogP contribution in [0.25, 0.3) is 10.9 Å². The Kier molecular flexibility index (Phi) is 3.23. The van der Waals surface area contributed by atoms with E-state index in [0.717, 1.165) is 35.9 Å². The molecule has 112 valence electrons. The maximum atomic E-state index is 6.52. The summed E-state index contributed by atoms with van der Waals surface area (Å²) in [6.45, 7) is 3.87. The second-order valence-corrected chi connectivity index (χ2v) is 6.90. The Morgan fingerprint density at radius 2 is 2.23 bits per heavy atom. The Balaban J connectivity index is 1.86. The molecule has 2 aromatic rings. The minimum absolute atomic E-state index is 0.501. The number of nitrogen functional groups attached to an aromatic ring is 1. The number of benzene rings is 1.